The largest absolute Gasteiger partial charge is 0.378 e. The van der Waals surface area contributed by atoms with Crippen molar-refractivity contribution >= 4 is 0 Å². The van der Waals surface area contributed by atoms with Crippen LogP contribution in [0, 0.1) is 0 Å². The van der Waals surface area contributed by atoms with Gasteiger partial charge in [-0.2, -0.15) is 0 Å². The number of ether oxygens (including phenoxy) is 1. The normalized spacial score (nSPS) is 34.7. The SMILES string of the molecule is CC1CC(NCCCN2CCCCC2C)CCO1. The van der Waals surface area contributed by atoms with Crippen molar-refractivity contribution in [3.63, 3.8) is 0 Å². The van der Waals surface area contributed by atoms with E-state index in [2.05, 4.69) is 24.1 Å². The molecule has 2 heterocycles. The molecule has 2 aliphatic heterocycles. The van der Waals surface area contributed by atoms with Crippen molar-refractivity contribution in [2.24, 2.45) is 0 Å². The summed E-state index contributed by atoms with van der Waals surface area (Å²) in [4.78, 5) is 2.66. The van der Waals surface area contributed by atoms with Crippen molar-refractivity contribution in [1.29, 1.82) is 0 Å². The van der Waals surface area contributed by atoms with E-state index in [0.717, 1.165) is 12.6 Å². The summed E-state index contributed by atoms with van der Waals surface area (Å²) in [6.45, 7) is 9.25. The van der Waals surface area contributed by atoms with Gasteiger partial charge in [0, 0.05) is 18.7 Å². The van der Waals surface area contributed by atoms with Crippen LogP contribution in [0.25, 0.3) is 0 Å². The molecule has 0 amide bonds. The van der Waals surface area contributed by atoms with Gasteiger partial charge in [-0.3, -0.25) is 0 Å². The molecule has 0 aromatic heterocycles. The molecule has 2 fully saturated rings. The lowest BCUT2D eigenvalue weighted by atomic mass is 10.0. The van der Waals surface area contributed by atoms with Gasteiger partial charge in [-0.25, -0.2) is 0 Å². The minimum Gasteiger partial charge on any atom is -0.378 e. The Morgan fingerprint density at radius 1 is 1.22 bits per heavy atom. The lowest BCUT2D eigenvalue weighted by molar-refractivity contribution is 0.0132. The quantitative estimate of drug-likeness (QED) is 0.763. The molecule has 3 heteroatoms. The van der Waals surface area contributed by atoms with Crippen LogP contribution in [-0.2, 0) is 4.74 Å². The minimum atomic E-state index is 0.443. The van der Waals surface area contributed by atoms with E-state index >= 15 is 0 Å². The molecule has 2 saturated heterocycles. The molecule has 106 valence electrons. The molecule has 3 unspecified atom stereocenters. The van der Waals surface area contributed by atoms with Crippen molar-refractivity contribution in [1.82, 2.24) is 10.2 Å². The summed E-state index contributed by atoms with van der Waals surface area (Å²) >= 11 is 0. The molecule has 0 aromatic rings. The Balaban J connectivity index is 1.55. The van der Waals surface area contributed by atoms with Gasteiger partial charge >= 0.3 is 0 Å². The van der Waals surface area contributed by atoms with Crippen LogP contribution in [-0.4, -0.2) is 49.3 Å². The first-order valence-corrected chi connectivity index (χ1v) is 7.84. The fraction of sp³-hybridized carbons (Fsp3) is 1.00. The molecule has 0 radical (unpaired) electrons. The van der Waals surface area contributed by atoms with Gasteiger partial charge in [-0.1, -0.05) is 6.42 Å². The zero-order chi connectivity index (χ0) is 12.8. The van der Waals surface area contributed by atoms with Crippen LogP contribution >= 0.6 is 0 Å². The fourth-order valence-electron chi connectivity index (χ4n) is 3.26. The Hall–Kier alpha value is -0.120. The van der Waals surface area contributed by atoms with Crippen LogP contribution in [0.15, 0.2) is 0 Å². The van der Waals surface area contributed by atoms with E-state index < -0.39 is 0 Å². The van der Waals surface area contributed by atoms with Crippen LogP contribution in [0.4, 0.5) is 0 Å². The highest BCUT2D eigenvalue weighted by Crippen LogP contribution is 2.16. The van der Waals surface area contributed by atoms with Gasteiger partial charge in [0.25, 0.3) is 0 Å². The van der Waals surface area contributed by atoms with Gasteiger partial charge in [0.15, 0.2) is 0 Å². The summed E-state index contributed by atoms with van der Waals surface area (Å²) in [6, 6.07) is 1.49. The highest BCUT2D eigenvalue weighted by molar-refractivity contribution is 4.76. The summed E-state index contributed by atoms with van der Waals surface area (Å²) in [7, 11) is 0. The molecule has 0 bridgehead atoms. The third kappa shape index (κ3) is 4.52. The predicted octanol–water partition coefficient (Wildman–Crippen LogP) is 2.41. The summed E-state index contributed by atoms with van der Waals surface area (Å²) in [5.41, 5.74) is 0. The standard InChI is InChI=1S/C15H30N2O/c1-13-6-3-4-9-17(13)10-5-8-16-15-7-11-18-14(2)12-15/h13-16H,3-12H2,1-2H3. The summed E-state index contributed by atoms with van der Waals surface area (Å²) < 4.78 is 5.58. The first-order valence-electron chi connectivity index (χ1n) is 7.84. The van der Waals surface area contributed by atoms with Crippen molar-refractivity contribution in [2.45, 2.75) is 70.6 Å². The highest BCUT2D eigenvalue weighted by atomic mass is 16.5. The lowest BCUT2D eigenvalue weighted by Gasteiger charge is -2.33. The van der Waals surface area contributed by atoms with Crippen molar-refractivity contribution < 1.29 is 4.74 Å². The molecule has 2 aliphatic rings. The monoisotopic (exact) mass is 254 g/mol. The number of hydrogen-bond acceptors (Lipinski definition) is 3. The first-order chi connectivity index (χ1) is 8.75. The van der Waals surface area contributed by atoms with Crippen LogP contribution in [0.3, 0.4) is 0 Å². The van der Waals surface area contributed by atoms with Crippen LogP contribution < -0.4 is 5.32 Å². The maximum absolute atomic E-state index is 5.58. The van der Waals surface area contributed by atoms with E-state index in [0.29, 0.717) is 12.1 Å². The molecular formula is C15H30N2O. The van der Waals surface area contributed by atoms with E-state index in [1.165, 1.54) is 58.2 Å². The third-order valence-electron chi connectivity index (χ3n) is 4.48. The maximum Gasteiger partial charge on any atom is 0.0561 e. The Bertz CT molecular complexity index is 235. The molecule has 0 saturated carbocycles. The molecule has 18 heavy (non-hydrogen) atoms. The van der Waals surface area contributed by atoms with E-state index in [9.17, 15) is 0 Å². The molecule has 0 spiro atoms. The lowest BCUT2D eigenvalue weighted by Crippen LogP contribution is -2.41. The molecule has 0 aromatic carbocycles. The molecule has 2 rings (SSSR count). The Kier molecular flexibility index (Phi) is 5.93. The van der Waals surface area contributed by atoms with E-state index in [4.69, 9.17) is 4.74 Å². The highest BCUT2D eigenvalue weighted by Gasteiger charge is 2.19. The summed E-state index contributed by atoms with van der Waals surface area (Å²) in [5.74, 6) is 0. The second-order valence-corrected chi connectivity index (χ2v) is 6.09. The van der Waals surface area contributed by atoms with Crippen LogP contribution in [0.1, 0.15) is 52.4 Å². The van der Waals surface area contributed by atoms with E-state index in [1.807, 2.05) is 0 Å². The number of nitrogens with zero attached hydrogens (tertiary/aromatic N) is 1. The Morgan fingerprint density at radius 2 is 2.11 bits per heavy atom. The number of likely N-dealkylation sites (tertiary alicyclic amines) is 1. The molecule has 3 atom stereocenters. The molecule has 3 nitrogen and oxygen atoms in total. The molecule has 1 N–H and O–H groups in total. The van der Waals surface area contributed by atoms with Gasteiger partial charge < -0.3 is 15.0 Å². The summed E-state index contributed by atoms with van der Waals surface area (Å²) in [6.07, 6.45) is 8.31. The number of rotatable bonds is 5. The zero-order valence-electron chi connectivity index (χ0n) is 12.2. The smallest absolute Gasteiger partial charge is 0.0561 e. The Labute approximate surface area is 112 Å². The second kappa shape index (κ2) is 7.46. The number of hydrogen-bond donors (Lipinski definition) is 1. The maximum atomic E-state index is 5.58. The van der Waals surface area contributed by atoms with Gasteiger partial charge in [-0.15, -0.1) is 0 Å². The van der Waals surface area contributed by atoms with E-state index in [1.54, 1.807) is 0 Å². The van der Waals surface area contributed by atoms with Gasteiger partial charge in [-0.05, 0) is 65.6 Å². The zero-order valence-corrected chi connectivity index (χ0v) is 12.2. The molecule has 0 aliphatic carbocycles. The number of nitrogens with one attached hydrogen (secondary N) is 1. The summed E-state index contributed by atoms with van der Waals surface area (Å²) in [5, 5.41) is 3.70. The van der Waals surface area contributed by atoms with Crippen molar-refractivity contribution in [3.8, 4) is 0 Å². The average Bonchev–Trinajstić information content (AvgIpc) is 2.37. The third-order valence-corrected chi connectivity index (χ3v) is 4.48. The van der Waals surface area contributed by atoms with Gasteiger partial charge in [0.2, 0.25) is 0 Å². The van der Waals surface area contributed by atoms with E-state index in [-0.39, 0.29) is 0 Å². The predicted molar refractivity (Wildman–Crippen MR) is 75.9 cm³/mol. The van der Waals surface area contributed by atoms with Crippen LogP contribution in [0.5, 0.6) is 0 Å². The fourth-order valence-corrected chi connectivity index (χ4v) is 3.26. The number of piperidine rings is 1. The topological polar surface area (TPSA) is 24.5 Å². The molecular weight excluding hydrogens is 224 g/mol. The Morgan fingerprint density at radius 3 is 2.89 bits per heavy atom. The average molecular weight is 254 g/mol. The van der Waals surface area contributed by atoms with Crippen LogP contribution in [0.2, 0.25) is 0 Å². The second-order valence-electron chi connectivity index (χ2n) is 6.09. The first kappa shape index (κ1) is 14.3. The van der Waals surface area contributed by atoms with Gasteiger partial charge in [0.1, 0.15) is 0 Å². The van der Waals surface area contributed by atoms with Crippen molar-refractivity contribution in [3.05, 3.63) is 0 Å². The van der Waals surface area contributed by atoms with Gasteiger partial charge in [0.05, 0.1) is 6.10 Å². The minimum absolute atomic E-state index is 0.443. The van der Waals surface area contributed by atoms with Crippen molar-refractivity contribution in [2.75, 3.05) is 26.2 Å².